The molecule has 0 bridgehead atoms. The zero-order valence-corrected chi connectivity index (χ0v) is 20.9. The minimum Gasteiger partial charge on any atom is -0.508 e. The summed E-state index contributed by atoms with van der Waals surface area (Å²) in [4.78, 5) is 2.63. The van der Waals surface area contributed by atoms with Crippen molar-refractivity contribution >= 4 is 0 Å². The third-order valence-corrected chi connectivity index (χ3v) is 7.86. The first-order valence-corrected chi connectivity index (χ1v) is 13.6. The summed E-state index contributed by atoms with van der Waals surface area (Å²) >= 11 is 0. The molecular weight excluding hydrogens is 430 g/mol. The molecule has 35 heavy (non-hydrogen) atoms. The van der Waals surface area contributed by atoms with E-state index >= 15 is 0 Å². The Morgan fingerprint density at radius 2 is 1.51 bits per heavy atom. The number of ether oxygens (including phenoxy) is 1. The third kappa shape index (κ3) is 6.08. The van der Waals surface area contributed by atoms with E-state index in [2.05, 4.69) is 59.5 Å². The van der Waals surface area contributed by atoms with Gasteiger partial charge in [-0.2, -0.15) is 0 Å². The van der Waals surface area contributed by atoms with Crippen LogP contribution in [0.1, 0.15) is 79.0 Å². The number of aromatic hydroxyl groups is 1. The fourth-order valence-electron chi connectivity index (χ4n) is 5.89. The Morgan fingerprint density at radius 3 is 2.31 bits per heavy atom. The van der Waals surface area contributed by atoms with Crippen molar-refractivity contribution in [3.63, 3.8) is 0 Å². The van der Waals surface area contributed by atoms with Crippen LogP contribution < -0.4 is 4.74 Å². The lowest BCUT2D eigenvalue weighted by atomic mass is 9.75. The Hall–Kier alpha value is -2.78. The molecule has 1 fully saturated rings. The van der Waals surface area contributed by atoms with Crippen LogP contribution in [-0.2, 0) is 6.42 Å². The number of phenols is 1. The van der Waals surface area contributed by atoms with Crippen LogP contribution in [0, 0.1) is 0 Å². The molecule has 1 saturated heterocycles. The number of phenolic OH excluding ortho intramolecular Hbond substituents is 1. The lowest BCUT2D eigenvalue weighted by Gasteiger charge is -2.34. The molecule has 0 aromatic heterocycles. The maximum atomic E-state index is 9.98. The number of rotatable bonds is 10. The molecule has 2 heterocycles. The van der Waals surface area contributed by atoms with Gasteiger partial charge in [0, 0.05) is 23.5 Å². The monoisotopic (exact) mass is 469 g/mol. The van der Waals surface area contributed by atoms with E-state index in [0.717, 1.165) is 17.7 Å². The Kier molecular flexibility index (Phi) is 8.05. The number of fused-ring (bicyclic) bond motifs is 1. The first-order valence-electron chi connectivity index (χ1n) is 13.6. The topological polar surface area (TPSA) is 32.7 Å². The van der Waals surface area contributed by atoms with Crippen molar-refractivity contribution in [3.05, 3.63) is 95.1 Å². The Bertz CT molecular complexity index is 1060. The lowest BCUT2D eigenvalue weighted by Crippen LogP contribution is -2.25. The van der Waals surface area contributed by atoms with E-state index in [-0.39, 0.29) is 17.6 Å². The van der Waals surface area contributed by atoms with Gasteiger partial charge in [-0.3, -0.25) is 0 Å². The Balaban J connectivity index is 1.19. The smallest absolute Gasteiger partial charge is 0.126 e. The molecule has 2 aliphatic heterocycles. The van der Waals surface area contributed by atoms with Gasteiger partial charge in [0.15, 0.2) is 0 Å². The molecule has 1 N–H and O–H groups in total. The number of unbranched alkanes of at least 4 members (excludes halogenated alkanes) is 4. The van der Waals surface area contributed by atoms with E-state index in [0.29, 0.717) is 6.61 Å². The van der Waals surface area contributed by atoms with Gasteiger partial charge in [-0.05, 0) is 74.5 Å². The second kappa shape index (κ2) is 11.8. The van der Waals surface area contributed by atoms with Crippen molar-refractivity contribution in [2.24, 2.45) is 0 Å². The lowest BCUT2D eigenvalue weighted by molar-refractivity contribution is 0.248. The van der Waals surface area contributed by atoms with E-state index in [1.807, 2.05) is 6.07 Å². The van der Waals surface area contributed by atoms with Gasteiger partial charge < -0.3 is 14.7 Å². The van der Waals surface area contributed by atoms with Gasteiger partial charge in [0.25, 0.3) is 0 Å². The SMILES string of the molecule is Oc1ccc2c(c1)OC[C@H](c1ccccc1)[C@@H]2c1ccc(CCCCCCCN2CCCC2)cc1. The second-order valence-electron chi connectivity index (χ2n) is 10.3. The minimum absolute atomic E-state index is 0.214. The van der Waals surface area contributed by atoms with Crippen LogP contribution in [0.15, 0.2) is 72.8 Å². The maximum absolute atomic E-state index is 9.98. The van der Waals surface area contributed by atoms with E-state index in [4.69, 9.17) is 4.74 Å². The van der Waals surface area contributed by atoms with Crippen LogP contribution in [0.25, 0.3) is 0 Å². The molecule has 2 atom stereocenters. The predicted octanol–water partition coefficient (Wildman–Crippen LogP) is 7.29. The maximum Gasteiger partial charge on any atom is 0.126 e. The van der Waals surface area contributed by atoms with Gasteiger partial charge >= 0.3 is 0 Å². The zero-order chi connectivity index (χ0) is 23.9. The van der Waals surface area contributed by atoms with Crippen molar-refractivity contribution in [3.8, 4) is 11.5 Å². The molecule has 3 heteroatoms. The molecule has 3 aromatic carbocycles. The highest BCUT2D eigenvalue weighted by Gasteiger charge is 2.33. The summed E-state index contributed by atoms with van der Waals surface area (Å²) in [5, 5.41) is 9.98. The van der Waals surface area contributed by atoms with E-state index < -0.39 is 0 Å². The molecule has 0 amide bonds. The van der Waals surface area contributed by atoms with Crippen LogP contribution in [0.2, 0.25) is 0 Å². The fraction of sp³-hybridized carbons (Fsp3) is 0.438. The van der Waals surface area contributed by atoms with Crippen LogP contribution in [-0.4, -0.2) is 36.2 Å². The molecule has 3 aromatic rings. The molecule has 0 aliphatic carbocycles. The first-order chi connectivity index (χ1) is 17.3. The molecule has 0 unspecified atom stereocenters. The first kappa shape index (κ1) is 23.9. The number of hydrogen-bond donors (Lipinski definition) is 1. The molecule has 184 valence electrons. The number of benzene rings is 3. The summed E-state index contributed by atoms with van der Waals surface area (Å²) in [5.41, 5.74) is 5.20. The normalized spacial score (nSPS) is 19.9. The highest BCUT2D eigenvalue weighted by atomic mass is 16.5. The van der Waals surface area contributed by atoms with E-state index in [1.165, 1.54) is 81.3 Å². The number of aryl methyl sites for hydroxylation is 1. The van der Waals surface area contributed by atoms with Crippen molar-refractivity contribution in [2.75, 3.05) is 26.2 Å². The molecule has 2 aliphatic rings. The van der Waals surface area contributed by atoms with Crippen molar-refractivity contribution in [1.82, 2.24) is 4.90 Å². The summed E-state index contributed by atoms with van der Waals surface area (Å²) < 4.78 is 6.11. The largest absolute Gasteiger partial charge is 0.508 e. The van der Waals surface area contributed by atoms with Gasteiger partial charge in [-0.1, -0.05) is 79.9 Å². The highest BCUT2D eigenvalue weighted by Crippen LogP contribution is 2.46. The average molecular weight is 470 g/mol. The molecular formula is C32H39NO2. The molecule has 0 saturated carbocycles. The van der Waals surface area contributed by atoms with Crippen LogP contribution in [0.5, 0.6) is 11.5 Å². The average Bonchev–Trinajstić information content (AvgIpc) is 3.42. The molecule has 3 nitrogen and oxygen atoms in total. The molecule has 5 rings (SSSR count). The Morgan fingerprint density at radius 1 is 0.771 bits per heavy atom. The van der Waals surface area contributed by atoms with Gasteiger partial charge in [0.2, 0.25) is 0 Å². The van der Waals surface area contributed by atoms with Gasteiger partial charge in [0.05, 0.1) is 6.61 Å². The van der Waals surface area contributed by atoms with Crippen molar-refractivity contribution in [1.29, 1.82) is 0 Å². The molecule has 0 spiro atoms. The number of likely N-dealkylation sites (tertiary alicyclic amines) is 1. The quantitative estimate of drug-likeness (QED) is 0.317. The minimum atomic E-state index is 0.214. The van der Waals surface area contributed by atoms with E-state index in [1.54, 1.807) is 12.1 Å². The number of nitrogens with zero attached hydrogens (tertiary/aromatic N) is 1. The second-order valence-corrected chi connectivity index (χ2v) is 10.3. The summed E-state index contributed by atoms with van der Waals surface area (Å²) in [7, 11) is 0. The number of hydrogen-bond acceptors (Lipinski definition) is 3. The fourth-order valence-corrected chi connectivity index (χ4v) is 5.89. The van der Waals surface area contributed by atoms with Gasteiger partial charge in [-0.25, -0.2) is 0 Å². The standard InChI is InChI=1S/C32H39NO2/c34-28-18-19-29-31(23-28)35-24-30(26-12-6-4-7-13-26)32(29)27-16-14-25(15-17-27)11-5-2-1-3-8-20-33-21-9-10-22-33/h4,6-7,12-19,23,30,32,34H,1-3,5,8-11,20-22,24H2/t30-,32-/m1/s1. The van der Waals surface area contributed by atoms with Crippen LogP contribution >= 0.6 is 0 Å². The van der Waals surface area contributed by atoms with Crippen LogP contribution in [0.4, 0.5) is 0 Å². The van der Waals surface area contributed by atoms with E-state index in [9.17, 15) is 5.11 Å². The van der Waals surface area contributed by atoms with Crippen molar-refractivity contribution in [2.45, 2.75) is 63.2 Å². The zero-order valence-electron chi connectivity index (χ0n) is 20.9. The highest BCUT2D eigenvalue weighted by molar-refractivity contribution is 5.50. The van der Waals surface area contributed by atoms with Gasteiger partial charge in [0.1, 0.15) is 11.5 Å². The predicted molar refractivity (Wildman–Crippen MR) is 144 cm³/mol. The summed E-state index contributed by atoms with van der Waals surface area (Å²) in [6.45, 7) is 4.57. The van der Waals surface area contributed by atoms with Gasteiger partial charge in [-0.15, -0.1) is 0 Å². The Labute approximate surface area is 210 Å². The van der Waals surface area contributed by atoms with Crippen LogP contribution in [0.3, 0.4) is 0 Å². The van der Waals surface area contributed by atoms with Crippen molar-refractivity contribution < 1.29 is 9.84 Å². The molecule has 0 radical (unpaired) electrons. The summed E-state index contributed by atoms with van der Waals surface area (Å²) in [6, 6.07) is 25.5. The summed E-state index contributed by atoms with van der Waals surface area (Å²) in [5.74, 6) is 1.52. The third-order valence-electron chi connectivity index (χ3n) is 7.86. The summed E-state index contributed by atoms with van der Waals surface area (Å²) in [6.07, 6.45) is 10.6.